The number of carboxylic acids is 1. The summed E-state index contributed by atoms with van der Waals surface area (Å²) in [6.45, 7) is 0. The summed E-state index contributed by atoms with van der Waals surface area (Å²) >= 11 is 5.89. The molecular weight excluding hydrogens is 362 g/mol. The number of rotatable bonds is 7. The summed E-state index contributed by atoms with van der Waals surface area (Å²) in [5.74, 6) is -0.978. The molecule has 0 saturated carbocycles. The van der Waals surface area contributed by atoms with Crippen molar-refractivity contribution < 1.29 is 14.7 Å². The molecule has 0 spiro atoms. The summed E-state index contributed by atoms with van der Waals surface area (Å²) < 4.78 is 0. The number of carbonyl (C=O) groups is 2. The van der Waals surface area contributed by atoms with Crippen LogP contribution in [0, 0.1) is 0 Å². The van der Waals surface area contributed by atoms with Crippen LogP contribution in [0.1, 0.15) is 38.7 Å². The van der Waals surface area contributed by atoms with Crippen molar-refractivity contribution in [2.75, 3.05) is 5.32 Å². The average molecular weight is 380 g/mol. The van der Waals surface area contributed by atoms with Gasteiger partial charge in [-0.2, -0.15) is 0 Å². The molecule has 0 aliphatic carbocycles. The van der Waals surface area contributed by atoms with Crippen LogP contribution in [0.4, 0.5) is 5.69 Å². The molecule has 136 valence electrons. The van der Waals surface area contributed by atoms with Crippen LogP contribution in [0.15, 0.2) is 78.9 Å². The highest BCUT2D eigenvalue weighted by Crippen LogP contribution is 2.25. The van der Waals surface area contributed by atoms with Crippen molar-refractivity contribution >= 4 is 29.0 Å². The molecule has 0 unspecified atom stereocenters. The number of ketones is 1. The lowest BCUT2D eigenvalue weighted by Crippen LogP contribution is -2.16. The van der Waals surface area contributed by atoms with Crippen molar-refractivity contribution in [3.05, 3.63) is 101 Å². The van der Waals surface area contributed by atoms with E-state index in [-0.39, 0.29) is 23.8 Å². The Hall–Kier alpha value is -3.11. The smallest absolute Gasteiger partial charge is 0.335 e. The maximum Gasteiger partial charge on any atom is 0.335 e. The number of hydrogen-bond donors (Lipinski definition) is 2. The van der Waals surface area contributed by atoms with E-state index in [1.54, 1.807) is 36.4 Å². The number of aromatic carboxylic acids is 1. The van der Waals surface area contributed by atoms with E-state index in [9.17, 15) is 9.59 Å². The van der Waals surface area contributed by atoms with Gasteiger partial charge in [-0.05, 0) is 54.1 Å². The summed E-state index contributed by atoms with van der Waals surface area (Å²) in [4.78, 5) is 23.7. The Kier molecular flexibility index (Phi) is 5.89. The Balaban J connectivity index is 1.82. The molecule has 1 atom stereocenters. The minimum atomic E-state index is -0.973. The van der Waals surface area contributed by atoms with Gasteiger partial charge in [-0.1, -0.05) is 41.9 Å². The van der Waals surface area contributed by atoms with E-state index in [0.29, 0.717) is 10.6 Å². The molecule has 3 aromatic carbocycles. The largest absolute Gasteiger partial charge is 0.478 e. The maximum absolute atomic E-state index is 12.7. The average Bonchev–Trinajstić information content (AvgIpc) is 2.69. The second-order valence-corrected chi connectivity index (χ2v) is 6.56. The highest BCUT2D eigenvalue weighted by molar-refractivity contribution is 6.30. The fraction of sp³-hybridized carbons (Fsp3) is 0.0909. The molecule has 0 aromatic heterocycles. The van der Waals surface area contributed by atoms with Crippen molar-refractivity contribution in [3.8, 4) is 0 Å². The number of carboxylic acid groups (broad SMARTS) is 1. The summed E-state index contributed by atoms with van der Waals surface area (Å²) in [5, 5.41) is 12.9. The van der Waals surface area contributed by atoms with E-state index < -0.39 is 5.97 Å². The van der Waals surface area contributed by atoms with Gasteiger partial charge >= 0.3 is 5.97 Å². The first-order chi connectivity index (χ1) is 13.0. The van der Waals surface area contributed by atoms with Gasteiger partial charge in [0.15, 0.2) is 5.78 Å². The van der Waals surface area contributed by atoms with E-state index in [0.717, 1.165) is 11.3 Å². The van der Waals surface area contributed by atoms with Crippen molar-refractivity contribution in [2.24, 2.45) is 0 Å². The molecule has 0 heterocycles. The van der Waals surface area contributed by atoms with Gasteiger partial charge in [-0.15, -0.1) is 0 Å². The predicted molar refractivity (Wildman–Crippen MR) is 107 cm³/mol. The SMILES string of the molecule is O=C(O)c1ccc(N[C@@H](CC(=O)c2ccc(Cl)cc2)c2ccccc2)cc1. The Morgan fingerprint density at radius 3 is 2.04 bits per heavy atom. The maximum atomic E-state index is 12.7. The number of carbonyl (C=O) groups excluding carboxylic acids is 1. The molecule has 0 aliphatic heterocycles. The van der Waals surface area contributed by atoms with Crippen LogP contribution in [0.25, 0.3) is 0 Å². The van der Waals surface area contributed by atoms with E-state index in [1.165, 1.54) is 12.1 Å². The van der Waals surface area contributed by atoms with E-state index in [4.69, 9.17) is 16.7 Å². The molecule has 0 aliphatic rings. The number of anilines is 1. The van der Waals surface area contributed by atoms with Crippen molar-refractivity contribution in [1.29, 1.82) is 0 Å². The molecule has 3 aromatic rings. The van der Waals surface area contributed by atoms with Crippen LogP contribution >= 0.6 is 11.6 Å². The second kappa shape index (κ2) is 8.52. The van der Waals surface area contributed by atoms with Gasteiger partial charge in [-0.25, -0.2) is 4.79 Å². The molecule has 0 bridgehead atoms. The van der Waals surface area contributed by atoms with Gasteiger partial charge in [0.1, 0.15) is 0 Å². The monoisotopic (exact) mass is 379 g/mol. The quantitative estimate of drug-likeness (QED) is 0.534. The number of hydrogen-bond acceptors (Lipinski definition) is 3. The molecule has 2 N–H and O–H groups in total. The van der Waals surface area contributed by atoms with Crippen molar-refractivity contribution in [1.82, 2.24) is 0 Å². The molecule has 4 nitrogen and oxygen atoms in total. The summed E-state index contributed by atoms with van der Waals surface area (Å²) in [6.07, 6.45) is 0.256. The molecule has 0 amide bonds. The van der Waals surface area contributed by atoms with Crippen LogP contribution in [0.3, 0.4) is 0 Å². The molecular formula is C22H18ClNO3. The van der Waals surface area contributed by atoms with E-state index in [2.05, 4.69) is 5.32 Å². The number of halogens is 1. The molecule has 0 saturated heterocycles. The Labute approximate surface area is 162 Å². The first-order valence-corrected chi connectivity index (χ1v) is 8.84. The number of benzene rings is 3. The van der Waals surface area contributed by atoms with Gasteiger partial charge in [0.25, 0.3) is 0 Å². The first-order valence-electron chi connectivity index (χ1n) is 8.46. The predicted octanol–water partition coefficient (Wildman–Crippen LogP) is 5.46. The van der Waals surface area contributed by atoms with Crippen molar-refractivity contribution in [2.45, 2.75) is 12.5 Å². The minimum absolute atomic E-state index is 0.00447. The third kappa shape index (κ3) is 4.96. The van der Waals surface area contributed by atoms with Crippen LogP contribution in [0.2, 0.25) is 5.02 Å². The molecule has 0 fully saturated rings. The van der Waals surface area contributed by atoms with Crippen LogP contribution in [-0.4, -0.2) is 16.9 Å². The second-order valence-electron chi connectivity index (χ2n) is 6.12. The third-order valence-corrected chi connectivity index (χ3v) is 4.48. The van der Waals surface area contributed by atoms with Crippen LogP contribution < -0.4 is 5.32 Å². The Morgan fingerprint density at radius 2 is 1.44 bits per heavy atom. The lowest BCUT2D eigenvalue weighted by atomic mass is 9.97. The zero-order valence-electron chi connectivity index (χ0n) is 14.4. The normalized spacial score (nSPS) is 11.6. The Bertz CT molecular complexity index is 922. The van der Waals surface area contributed by atoms with Gasteiger partial charge in [0.05, 0.1) is 11.6 Å². The van der Waals surface area contributed by atoms with Crippen LogP contribution in [-0.2, 0) is 0 Å². The molecule has 5 heteroatoms. The summed E-state index contributed by atoms with van der Waals surface area (Å²) in [6, 6.07) is 22.7. The highest BCUT2D eigenvalue weighted by atomic mass is 35.5. The lowest BCUT2D eigenvalue weighted by molar-refractivity contribution is 0.0696. The van der Waals surface area contributed by atoms with Gasteiger partial charge < -0.3 is 10.4 Å². The minimum Gasteiger partial charge on any atom is -0.478 e. The molecule has 0 radical (unpaired) electrons. The topological polar surface area (TPSA) is 66.4 Å². The molecule has 3 rings (SSSR count). The van der Waals surface area contributed by atoms with Gasteiger partial charge in [0, 0.05) is 22.7 Å². The van der Waals surface area contributed by atoms with Gasteiger partial charge in [0.2, 0.25) is 0 Å². The van der Waals surface area contributed by atoms with E-state index in [1.807, 2.05) is 30.3 Å². The van der Waals surface area contributed by atoms with E-state index >= 15 is 0 Å². The Morgan fingerprint density at radius 1 is 0.852 bits per heavy atom. The van der Waals surface area contributed by atoms with Crippen molar-refractivity contribution in [3.63, 3.8) is 0 Å². The standard InChI is InChI=1S/C22H18ClNO3/c23-18-10-6-16(7-11-18)21(25)14-20(15-4-2-1-3-5-15)24-19-12-8-17(9-13-19)22(26)27/h1-13,20,24H,14H2,(H,26,27)/t20-/m0/s1. The zero-order valence-corrected chi connectivity index (χ0v) is 15.2. The summed E-state index contributed by atoms with van der Waals surface area (Å²) in [7, 11) is 0. The fourth-order valence-corrected chi connectivity index (χ4v) is 2.91. The van der Waals surface area contributed by atoms with Crippen LogP contribution in [0.5, 0.6) is 0 Å². The zero-order chi connectivity index (χ0) is 19.2. The number of Topliss-reactive ketones (excluding diaryl/α,β-unsaturated/α-hetero) is 1. The summed E-state index contributed by atoms with van der Waals surface area (Å²) in [5.41, 5.74) is 2.54. The first kappa shape index (κ1) is 18.7. The number of nitrogens with one attached hydrogen (secondary N) is 1. The highest BCUT2D eigenvalue weighted by Gasteiger charge is 2.17. The fourth-order valence-electron chi connectivity index (χ4n) is 2.79. The van der Waals surface area contributed by atoms with Gasteiger partial charge in [-0.3, -0.25) is 4.79 Å². The third-order valence-electron chi connectivity index (χ3n) is 4.23. The molecule has 27 heavy (non-hydrogen) atoms. The lowest BCUT2D eigenvalue weighted by Gasteiger charge is -2.20.